The molecule has 3 aromatic carbocycles. The summed E-state index contributed by atoms with van der Waals surface area (Å²) in [5.41, 5.74) is 7.43. The van der Waals surface area contributed by atoms with E-state index in [0.717, 1.165) is 16.9 Å². The largest absolute Gasteiger partial charge is 0.504 e. The summed E-state index contributed by atoms with van der Waals surface area (Å²) < 4.78 is 21.8. The Kier molecular flexibility index (Phi) is 11.0. The number of ether oxygens (including phenoxy) is 4. The van der Waals surface area contributed by atoms with E-state index in [1.54, 1.807) is 31.4 Å². The van der Waals surface area contributed by atoms with Gasteiger partial charge in [-0.1, -0.05) is 30.3 Å². The minimum Gasteiger partial charge on any atom is -0.504 e. The summed E-state index contributed by atoms with van der Waals surface area (Å²) in [6, 6.07) is 19.8. The number of carbonyl (C=O) groups is 1. The quantitative estimate of drug-likeness (QED) is 0.216. The normalized spacial score (nSPS) is 11.6. The van der Waals surface area contributed by atoms with E-state index < -0.39 is 12.0 Å². The summed E-state index contributed by atoms with van der Waals surface area (Å²) in [5.74, 6) is 0.617. The summed E-state index contributed by atoms with van der Waals surface area (Å²) in [7, 11) is 1.62. The molecule has 3 rings (SSSR count). The molecule has 1 unspecified atom stereocenters. The zero-order valence-electron chi connectivity index (χ0n) is 20.9. The molecular formula is C28H34N2O7. The molecule has 9 heteroatoms. The highest BCUT2D eigenvalue weighted by Crippen LogP contribution is 2.29. The minimum atomic E-state index is -0.715. The molecule has 1 amide bonds. The first-order chi connectivity index (χ1) is 18.0. The number of rotatable bonds is 16. The summed E-state index contributed by atoms with van der Waals surface area (Å²) >= 11 is 0. The molecule has 0 fully saturated rings. The number of hydrogen-bond donors (Lipinski definition) is 4. The predicted molar refractivity (Wildman–Crippen MR) is 139 cm³/mol. The highest BCUT2D eigenvalue weighted by atomic mass is 16.5. The maximum Gasteiger partial charge on any atom is 0.252 e. The summed E-state index contributed by atoms with van der Waals surface area (Å²) in [6.45, 7) is 2.37. The first-order valence-corrected chi connectivity index (χ1v) is 12.0. The van der Waals surface area contributed by atoms with Gasteiger partial charge in [0.05, 0.1) is 18.8 Å². The second-order valence-corrected chi connectivity index (χ2v) is 8.29. The predicted octanol–water partition coefficient (Wildman–Crippen LogP) is 2.67. The number of amides is 1. The average molecular weight is 511 g/mol. The number of methoxy groups -OCH3 is 1. The Morgan fingerprint density at radius 3 is 2.30 bits per heavy atom. The van der Waals surface area contributed by atoms with Crippen molar-refractivity contribution in [2.24, 2.45) is 5.73 Å². The lowest BCUT2D eigenvalue weighted by Crippen LogP contribution is -2.31. The van der Waals surface area contributed by atoms with Crippen LogP contribution in [0.15, 0.2) is 66.7 Å². The van der Waals surface area contributed by atoms with Crippen molar-refractivity contribution in [1.82, 2.24) is 5.32 Å². The second-order valence-electron chi connectivity index (χ2n) is 8.29. The minimum absolute atomic E-state index is 0.0219. The molecule has 37 heavy (non-hydrogen) atoms. The Hall–Kier alpha value is -3.79. The number of para-hydroxylation sites is 1. The van der Waals surface area contributed by atoms with Gasteiger partial charge in [0, 0.05) is 26.6 Å². The van der Waals surface area contributed by atoms with Crippen LogP contribution in [0.2, 0.25) is 0 Å². The Bertz CT molecular complexity index is 1120. The van der Waals surface area contributed by atoms with E-state index in [0.29, 0.717) is 45.1 Å². The van der Waals surface area contributed by atoms with Gasteiger partial charge in [-0.25, -0.2) is 0 Å². The molecule has 0 saturated heterocycles. The van der Waals surface area contributed by atoms with Gasteiger partial charge in [-0.3, -0.25) is 4.79 Å². The molecule has 0 radical (unpaired) electrons. The third-order valence-electron chi connectivity index (χ3n) is 5.53. The number of benzene rings is 3. The van der Waals surface area contributed by atoms with Gasteiger partial charge in [-0.05, 0) is 47.5 Å². The fraction of sp³-hybridized carbons (Fsp3) is 0.321. The van der Waals surface area contributed by atoms with Gasteiger partial charge in [-0.15, -0.1) is 0 Å². The number of nitrogens with one attached hydrogen (secondary N) is 1. The molecule has 0 aliphatic carbocycles. The number of primary amides is 1. The molecule has 9 nitrogen and oxygen atoms in total. The van der Waals surface area contributed by atoms with Gasteiger partial charge >= 0.3 is 0 Å². The Morgan fingerprint density at radius 1 is 0.892 bits per heavy atom. The number of aliphatic hydroxyl groups excluding tert-OH is 1. The molecule has 0 aliphatic rings. The topological polar surface area (TPSA) is 132 Å². The van der Waals surface area contributed by atoms with Crippen LogP contribution in [0.25, 0.3) is 0 Å². The average Bonchev–Trinajstić information content (AvgIpc) is 2.90. The second kappa shape index (κ2) is 14.7. The van der Waals surface area contributed by atoms with E-state index in [4.69, 9.17) is 24.7 Å². The molecule has 0 spiro atoms. The van der Waals surface area contributed by atoms with Crippen LogP contribution in [0.4, 0.5) is 0 Å². The first kappa shape index (κ1) is 27.8. The number of aromatic hydroxyl groups is 1. The zero-order chi connectivity index (χ0) is 26.5. The maximum absolute atomic E-state index is 11.4. The van der Waals surface area contributed by atoms with E-state index in [9.17, 15) is 15.0 Å². The van der Waals surface area contributed by atoms with Gasteiger partial charge in [0.25, 0.3) is 5.91 Å². The van der Waals surface area contributed by atoms with Crippen molar-refractivity contribution in [3.05, 3.63) is 83.4 Å². The van der Waals surface area contributed by atoms with Gasteiger partial charge in [0.2, 0.25) is 0 Å². The van der Waals surface area contributed by atoms with Gasteiger partial charge in [0.15, 0.2) is 11.5 Å². The van der Waals surface area contributed by atoms with Crippen LogP contribution in [0.3, 0.4) is 0 Å². The Morgan fingerprint density at radius 2 is 1.59 bits per heavy atom. The number of nitrogens with two attached hydrogens (primary N) is 1. The molecule has 198 valence electrons. The third-order valence-corrected chi connectivity index (χ3v) is 5.53. The van der Waals surface area contributed by atoms with Crippen LogP contribution in [0.1, 0.15) is 21.5 Å². The SMILES string of the molecule is COCCOc1ccc(OCC(O)CNCc2ccccc2CCOc2cccc(C(N)=O)c2O)cc1. The van der Waals surface area contributed by atoms with E-state index in [1.807, 2.05) is 36.4 Å². The van der Waals surface area contributed by atoms with Crippen molar-refractivity contribution in [3.8, 4) is 23.0 Å². The molecule has 0 aromatic heterocycles. The lowest BCUT2D eigenvalue weighted by molar-refractivity contribution is 0.0996. The molecule has 3 aromatic rings. The van der Waals surface area contributed by atoms with Crippen LogP contribution in [0, 0.1) is 0 Å². The highest BCUT2D eigenvalue weighted by molar-refractivity contribution is 5.96. The van der Waals surface area contributed by atoms with Gasteiger partial charge in [0.1, 0.15) is 30.8 Å². The molecule has 1 atom stereocenters. The molecule has 0 heterocycles. The monoisotopic (exact) mass is 510 g/mol. The smallest absolute Gasteiger partial charge is 0.252 e. The molecule has 0 saturated carbocycles. The van der Waals surface area contributed by atoms with E-state index >= 15 is 0 Å². The molecule has 5 N–H and O–H groups in total. The standard InChI is InChI=1S/C28H34N2O7/c1-34-15-16-35-23-9-11-24(12-10-23)37-19-22(31)18-30-17-21-6-3-2-5-20(21)13-14-36-26-8-4-7-25(27(26)32)28(29)33/h2-12,22,30-32H,13-19H2,1H3,(H2,29,33). The van der Waals surface area contributed by atoms with Crippen molar-refractivity contribution in [2.75, 3.05) is 40.1 Å². The van der Waals surface area contributed by atoms with Crippen molar-refractivity contribution in [1.29, 1.82) is 0 Å². The van der Waals surface area contributed by atoms with E-state index in [-0.39, 0.29) is 23.7 Å². The lowest BCUT2D eigenvalue weighted by atomic mass is 10.0. The summed E-state index contributed by atoms with van der Waals surface area (Å²) in [4.78, 5) is 11.4. The van der Waals surface area contributed by atoms with Crippen LogP contribution in [-0.4, -0.2) is 62.3 Å². The van der Waals surface area contributed by atoms with Crippen LogP contribution < -0.4 is 25.3 Å². The highest BCUT2D eigenvalue weighted by Gasteiger charge is 2.13. The fourth-order valence-electron chi connectivity index (χ4n) is 3.58. The van der Waals surface area contributed by atoms with Crippen molar-refractivity contribution in [3.63, 3.8) is 0 Å². The maximum atomic E-state index is 11.4. The Labute approximate surface area is 216 Å². The van der Waals surface area contributed by atoms with Crippen LogP contribution in [-0.2, 0) is 17.7 Å². The van der Waals surface area contributed by atoms with Gasteiger partial charge in [-0.2, -0.15) is 0 Å². The first-order valence-electron chi connectivity index (χ1n) is 12.0. The zero-order valence-corrected chi connectivity index (χ0v) is 20.9. The number of aliphatic hydroxyl groups is 1. The number of hydrogen-bond acceptors (Lipinski definition) is 8. The van der Waals surface area contributed by atoms with Crippen molar-refractivity contribution in [2.45, 2.75) is 19.1 Å². The number of carbonyl (C=O) groups excluding carboxylic acids is 1. The van der Waals surface area contributed by atoms with Crippen molar-refractivity contribution < 1.29 is 34.0 Å². The third kappa shape index (κ3) is 8.98. The molecule has 0 aliphatic heterocycles. The van der Waals surface area contributed by atoms with Crippen LogP contribution >= 0.6 is 0 Å². The molecule has 0 bridgehead atoms. The summed E-state index contributed by atoms with van der Waals surface area (Å²) in [6.07, 6.45) is -0.0943. The Balaban J connectivity index is 1.41. The van der Waals surface area contributed by atoms with E-state index in [2.05, 4.69) is 5.32 Å². The summed E-state index contributed by atoms with van der Waals surface area (Å²) in [5, 5.41) is 23.7. The number of phenols is 1. The fourth-order valence-corrected chi connectivity index (χ4v) is 3.58. The van der Waals surface area contributed by atoms with E-state index in [1.165, 1.54) is 6.07 Å². The van der Waals surface area contributed by atoms with Crippen molar-refractivity contribution >= 4 is 5.91 Å². The molecular weight excluding hydrogens is 476 g/mol. The van der Waals surface area contributed by atoms with Gasteiger partial charge < -0.3 is 40.2 Å². The lowest BCUT2D eigenvalue weighted by Gasteiger charge is -2.15. The van der Waals surface area contributed by atoms with Crippen LogP contribution in [0.5, 0.6) is 23.0 Å².